The molecule has 96 valence electrons. The Balaban J connectivity index is 1.65. The van der Waals surface area contributed by atoms with E-state index in [1.165, 1.54) is 0 Å². The molecule has 1 aliphatic rings. The first-order valence-corrected chi connectivity index (χ1v) is 6.23. The molecular weight excluding hydrogens is 230 g/mol. The van der Waals surface area contributed by atoms with Crippen molar-refractivity contribution in [2.24, 2.45) is 0 Å². The third kappa shape index (κ3) is 3.87. The molecule has 0 saturated carbocycles. The minimum atomic E-state index is -0.208. The first kappa shape index (κ1) is 12.6. The van der Waals surface area contributed by atoms with E-state index in [0.29, 0.717) is 25.9 Å². The van der Waals surface area contributed by atoms with Gasteiger partial charge in [0.2, 0.25) is 5.91 Å². The number of benzene rings is 1. The van der Waals surface area contributed by atoms with Crippen LogP contribution >= 0.6 is 0 Å². The zero-order chi connectivity index (χ0) is 12.8. The summed E-state index contributed by atoms with van der Waals surface area (Å²) >= 11 is 0. The summed E-state index contributed by atoms with van der Waals surface area (Å²) in [6.45, 7) is 0.316. The fourth-order valence-electron chi connectivity index (χ4n) is 2.00. The summed E-state index contributed by atoms with van der Waals surface area (Å²) in [6.07, 6.45) is 2.42. The third-order valence-electron chi connectivity index (χ3n) is 3.02. The fraction of sp³-hybridized carbons (Fsp3) is 0.429. The summed E-state index contributed by atoms with van der Waals surface area (Å²) in [5.74, 6) is -0.127. The Morgan fingerprint density at radius 2 is 2.11 bits per heavy atom. The van der Waals surface area contributed by atoms with Gasteiger partial charge in [-0.25, -0.2) is 0 Å². The van der Waals surface area contributed by atoms with E-state index in [4.69, 9.17) is 4.74 Å². The molecule has 0 aromatic heterocycles. The SMILES string of the molecule is O=C1CC[C@H](CCC(=O)OCc2ccccc2)N1. The van der Waals surface area contributed by atoms with Gasteiger partial charge in [0.1, 0.15) is 6.61 Å². The van der Waals surface area contributed by atoms with Gasteiger partial charge in [0.05, 0.1) is 0 Å². The van der Waals surface area contributed by atoms with Gasteiger partial charge in [0.25, 0.3) is 0 Å². The molecule has 1 N–H and O–H groups in total. The molecule has 1 saturated heterocycles. The highest BCUT2D eigenvalue weighted by Crippen LogP contribution is 2.12. The van der Waals surface area contributed by atoms with Gasteiger partial charge in [0.15, 0.2) is 0 Å². The van der Waals surface area contributed by atoms with Gasteiger partial charge >= 0.3 is 5.97 Å². The normalized spacial score (nSPS) is 18.4. The average molecular weight is 247 g/mol. The zero-order valence-corrected chi connectivity index (χ0v) is 10.2. The van der Waals surface area contributed by atoms with Crippen molar-refractivity contribution in [3.8, 4) is 0 Å². The molecular formula is C14H17NO3. The minimum absolute atomic E-state index is 0.0812. The van der Waals surface area contributed by atoms with Gasteiger partial charge in [-0.2, -0.15) is 0 Å². The van der Waals surface area contributed by atoms with Gasteiger partial charge in [-0.05, 0) is 18.4 Å². The molecule has 4 heteroatoms. The van der Waals surface area contributed by atoms with Crippen LogP contribution in [0.15, 0.2) is 30.3 Å². The van der Waals surface area contributed by atoms with E-state index in [1.54, 1.807) is 0 Å². The van der Waals surface area contributed by atoms with E-state index in [-0.39, 0.29) is 17.9 Å². The number of hydrogen-bond donors (Lipinski definition) is 1. The third-order valence-corrected chi connectivity index (χ3v) is 3.02. The maximum absolute atomic E-state index is 11.5. The molecule has 1 heterocycles. The molecule has 1 fully saturated rings. The molecule has 0 aliphatic carbocycles. The van der Waals surface area contributed by atoms with Gasteiger partial charge in [-0.15, -0.1) is 0 Å². The number of nitrogens with one attached hydrogen (secondary N) is 1. The van der Waals surface area contributed by atoms with E-state index in [1.807, 2.05) is 30.3 Å². The number of amides is 1. The monoisotopic (exact) mass is 247 g/mol. The van der Waals surface area contributed by atoms with E-state index >= 15 is 0 Å². The lowest BCUT2D eigenvalue weighted by molar-refractivity contribution is -0.145. The molecule has 1 atom stereocenters. The summed E-state index contributed by atoms with van der Waals surface area (Å²) in [5, 5.41) is 2.84. The molecule has 0 bridgehead atoms. The number of ether oxygens (including phenoxy) is 1. The molecule has 1 aromatic rings. The molecule has 18 heavy (non-hydrogen) atoms. The van der Waals surface area contributed by atoms with Crippen LogP contribution in [0.3, 0.4) is 0 Å². The van der Waals surface area contributed by atoms with Crippen molar-refractivity contribution in [3.05, 3.63) is 35.9 Å². The maximum atomic E-state index is 11.5. The number of carbonyl (C=O) groups excluding carboxylic acids is 2. The number of esters is 1. The van der Waals surface area contributed by atoms with Crippen LogP contribution in [0.1, 0.15) is 31.2 Å². The van der Waals surface area contributed by atoms with E-state index < -0.39 is 0 Å². The highest BCUT2D eigenvalue weighted by Gasteiger charge is 2.21. The van der Waals surface area contributed by atoms with E-state index in [2.05, 4.69) is 5.32 Å². The number of rotatable bonds is 5. The summed E-state index contributed by atoms with van der Waals surface area (Å²) in [7, 11) is 0. The Kier molecular flexibility index (Phi) is 4.34. The number of carbonyl (C=O) groups is 2. The molecule has 0 radical (unpaired) electrons. The molecule has 1 aliphatic heterocycles. The Morgan fingerprint density at radius 1 is 1.33 bits per heavy atom. The lowest BCUT2D eigenvalue weighted by atomic mass is 10.1. The van der Waals surface area contributed by atoms with Crippen LogP contribution in [0.2, 0.25) is 0 Å². The van der Waals surface area contributed by atoms with Crippen LogP contribution in [0.5, 0.6) is 0 Å². The average Bonchev–Trinajstić information content (AvgIpc) is 2.81. The summed E-state index contributed by atoms with van der Waals surface area (Å²) in [5.41, 5.74) is 0.986. The van der Waals surface area contributed by atoms with Gasteiger partial charge in [-0.1, -0.05) is 30.3 Å². The lowest BCUT2D eigenvalue weighted by Crippen LogP contribution is -2.26. The summed E-state index contributed by atoms with van der Waals surface area (Å²) in [6, 6.07) is 9.74. The molecule has 4 nitrogen and oxygen atoms in total. The molecule has 0 spiro atoms. The van der Waals surface area contributed by atoms with Gasteiger partial charge in [-0.3, -0.25) is 9.59 Å². The van der Waals surface area contributed by atoms with Crippen molar-refractivity contribution in [1.29, 1.82) is 0 Å². The van der Waals surface area contributed by atoms with Gasteiger partial charge in [0, 0.05) is 18.9 Å². The largest absolute Gasteiger partial charge is 0.461 e. The quantitative estimate of drug-likeness (QED) is 0.807. The van der Waals surface area contributed by atoms with Crippen LogP contribution in [0, 0.1) is 0 Å². The van der Waals surface area contributed by atoms with Crippen molar-refractivity contribution in [3.63, 3.8) is 0 Å². The molecule has 2 rings (SSSR count). The predicted octanol–water partition coefficient (Wildman–Crippen LogP) is 1.79. The van der Waals surface area contributed by atoms with Crippen LogP contribution in [-0.4, -0.2) is 17.9 Å². The van der Waals surface area contributed by atoms with Gasteiger partial charge < -0.3 is 10.1 Å². The predicted molar refractivity (Wildman–Crippen MR) is 66.6 cm³/mol. The van der Waals surface area contributed by atoms with Crippen LogP contribution in [0.4, 0.5) is 0 Å². The Labute approximate surface area is 106 Å². The smallest absolute Gasteiger partial charge is 0.306 e. The second-order valence-corrected chi connectivity index (χ2v) is 4.49. The number of hydrogen-bond acceptors (Lipinski definition) is 3. The highest BCUT2D eigenvalue weighted by atomic mass is 16.5. The second kappa shape index (κ2) is 6.19. The van der Waals surface area contributed by atoms with Crippen LogP contribution in [-0.2, 0) is 20.9 Å². The highest BCUT2D eigenvalue weighted by molar-refractivity contribution is 5.78. The Bertz CT molecular complexity index is 416. The maximum Gasteiger partial charge on any atom is 0.306 e. The van der Waals surface area contributed by atoms with E-state index in [9.17, 15) is 9.59 Å². The van der Waals surface area contributed by atoms with Crippen molar-refractivity contribution in [2.45, 2.75) is 38.3 Å². The second-order valence-electron chi connectivity index (χ2n) is 4.49. The first-order valence-electron chi connectivity index (χ1n) is 6.23. The first-order chi connectivity index (χ1) is 8.74. The van der Waals surface area contributed by atoms with Crippen molar-refractivity contribution >= 4 is 11.9 Å². The van der Waals surface area contributed by atoms with E-state index in [0.717, 1.165) is 12.0 Å². The Morgan fingerprint density at radius 3 is 2.78 bits per heavy atom. The minimum Gasteiger partial charge on any atom is -0.461 e. The Hall–Kier alpha value is -1.84. The molecule has 0 unspecified atom stereocenters. The molecule has 1 amide bonds. The van der Waals surface area contributed by atoms with Crippen molar-refractivity contribution in [2.75, 3.05) is 0 Å². The van der Waals surface area contributed by atoms with Crippen LogP contribution < -0.4 is 5.32 Å². The van der Waals surface area contributed by atoms with Crippen molar-refractivity contribution in [1.82, 2.24) is 5.32 Å². The zero-order valence-electron chi connectivity index (χ0n) is 10.2. The topological polar surface area (TPSA) is 55.4 Å². The lowest BCUT2D eigenvalue weighted by Gasteiger charge is -2.09. The molecule has 1 aromatic carbocycles. The summed E-state index contributed by atoms with van der Waals surface area (Å²) in [4.78, 5) is 22.5. The standard InChI is InChI=1S/C14H17NO3/c16-13-8-6-12(15-13)7-9-14(17)18-10-11-4-2-1-3-5-11/h1-5,12H,6-10H2,(H,15,16)/t12-/m1/s1. The van der Waals surface area contributed by atoms with Crippen molar-refractivity contribution < 1.29 is 14.3 Å². The summed E-state index contributed by atoms with van der Waals surface area (Å²) < 4.78 is 5.16. The fourth-order valence-corrected chi connectivity index (χ4v) is 2.00. The van der Waals surface area contributed by atoms with Crippen LogP contribution in [0.25, 0.3) is 0 Å².